The van der Waals surface area contributed by atoms with Crippen LogP contribution in [0, 0.1) is 11.8 Å². The van der Waals surface area contributed by atoms with E-state index in [1.165, 1.54) is 9.21 Å². The molecule has 0 aromatic heterocycles. The van der Waals surface area contributed by atoms with Crippen LogP contribution in [0.4, 0.5) is 0 Å². The van der Waals surface area contributed by atoms with Gasteiger partial charge in [-0.15, -0.1) is 0 Å². The van der Waals surface area contributed by atoms with Crippen LogP contribution in [0.2, 0.25) is 0 Å². The van der Waals surface area contributed by atoms with E-state index >= 15 is 0 Å². The Morgan fingerprint density at radius 3 is 2.12 bits per heavy atom. The van der Waals surface area contributed by atoms with Gasteiger partial charge in [0.15, 0.2) is 0 Å². The van der Waals surface area contributed by atoms with Crippen molar-refractivity contribution in [1.29, 1.82) is 0 Å². The number of imide groups is 1. The van der Waals surface area contributed by atoms with E-state index in [9.17, 15) is 22.8 Å². The fraction of sp³-hybridized carbons (Fsp3) is 0.400. The summed E-state index contributed by atoms with van der Waals surface area (Å²) in [6.45, 7) is 1.06. The predicted molar refractivity (Wildman–Crippen MR) is 126 cm³/mol. The number of allylic oxidation sites excluding steroid dienone is 2. The van der Waals surface area contributed by atoms with Crippen molar-refractivity contribution < 1.29 is 22.8 Å². The largest absolute Gasteiger partial charge is 0.340 e. The molecular formula is C25H27N3O5S. The number of carbonyl (C=O) groups excluding carboxylic acids is 3. The average molecular weight is 482 g/mol. The van der Waals surface area contributed by atoms with E-state index in [-0.39, 0.29) is 73.6 Å². The number of rotatable bonds is 5. The Hall–Kier alpha value is -3.04. The summed E-state index contributed by atoms with van der Waals surface area (Å²) in [6, 6.07) is 12.7. The van der Waals surface area contributed by atoms with Crippen LogP contribution in [0.25, 0.3) is 10.8 Å². The molecule has 0 spiro atoms. The second kappa shape index (κ2) is 8.96. The lowest BCUT2D eigenvalue weighted by Gasteiger charge is -2.34. The molecule has 3 amide bonds. The van der Waals surface area contributed by atoms with Crippen molar-refractivity contribution in [3.8, 4) is 0 Å². The van der Waals surface area contributed by atoms with Crippen molar-refractivity contribution >= 4 is 38.5 Å². The van der Waals surface area contributed by atoms with Crippen molar-refractivity contribution in [1.82, 2.24) is 14.1 Å². The van der Waals surface area contributed by atoms with Crippen LogP contribution >= 0.6 is 0 Å². The van der Waals surface area contributed by atoms with E-state index in [0.29, 0.717) is 12.8 Å². The number of fused-ring (bicyclic) bond motifs is 2. The van der Waals surface area contributed by atoms with Crippen molar-refractivity contribution in [2.75, 3.05) is 32.7 Å². The quantitative estimate of drug-likeness (QED) is 0.481. The fourth-order valence-corrected chi connectivity index (χ4v) is 6.57. The zero-order valence-corrected chi connectivity index (χ0v) is 19.6. The maximum absolute atomic E-state index is 13.1. The molecule has 2 unspecified atom stereocenters. The first-order valence-corrected chi connectivity index (χ1v) is 13.1. The van der Waals surface area contributed by atoms with Gasteiger partial charge in [-0.1, -0.05) is 42.5 Å². The molecule has 9 heteroatoms. The summed E-state index contributed by atoms with van der Waals surface area (Å²) in [5.74, 6) is -1.12. The number of hydrogen-bond donors (Lipinski definition) is 0. The Kier molecular flexibility index (Phi) is 5.99. The van der Waals surface area contributed by atoms with Gasteiger partial charge in [0.2, 0.25) is 27.7 Å². The summed E-state index contributed by atoms with van der Waals surface area (Å²) in [6.07, 6.45) is 5.08. The molecule has 5 rings (SSSR count). The first kappa shape index (κ1) is 22.7. The van der Waals surface area contributed by atoms with Crippen molar-refractivity contribution in [3.05, 3.63) is 54.6 Å². The molecule has 2 fully saturated rings. The van der Waals surface area contributed by atoms with Crippen molar-refractivity contribution in [3.63, 3.8) is 0 Å². The molecule has 2 aliphatic heterocycles. The lowest BCUT2D eigenvalue weighted by atomic mass is 9.85. The molecule has 0 N–H and O–H groups in total. The Morgan fingerprint density at radius 1 is 0.853 bits per heavy atom. The van der Waals surface area contributed by atoms with Gasteiger partial charge < -0.3 is 4.90 Å². The highest BCUT2D eigenvalue weighted by Crippen LogP contribution is 2.35. The Bertz CT molecular complexity index is 1250. The molecular weight excluding hydrogens is 454 g/mol. The van der Waals surface area contributed by atoms with E-state index < -0.39 is 10.0 Å². The molecule has 0 bridgehead atoms. The molecule has 0 radical (unpaired) electrons. The van der Waals surface area contributed by atoms with E-state index in [2.05, 4.69) is 0 Å². The van der Waals surface area contributed by atoms with E-state index in [0.717, 1.165) is 10.8 Å². The highest BCUT2D eigenvalue weighted by Gasteiger charge is 2.47. The van der Waals surface area contributed by atoms with Crippen LogP contribution in [0.15, 0.2) is 59.5 Å². The third-order valence-electron chi connectivity index (χ3n) is 7.10. The summed E-state index contributed by atoms with van der Waals surface area (Å²) in [5, 5.41) is 1.83. The monoisotopic (exact) mass is 481 g/mol. The number of hydrogen-bond acceptors (Lipinski definition) is 5. The average Bonchev–Trinajstić information content (AvgIpc) is 3.11. The van der Waals surface area contributed by atoms with Crippen LogP contribution in [0.5, 0.6) is 0 Å². The molecule has 2 heterocycles. The van der Waals surface area contributed by atoms with E-state index in [1.807, 2.05) is 36.4 Å². The summed E-state index contributed by atoms with van der Waals surface area (Å²) < 4.78 is 27.7. The Labute approximate surface area is 198 Å². The number of nitrogens with zero attached hydrogens (tertiary/aromatic N) is 3. The van der Waals surface area contributed by atoms with Crippen LogP contribution in [-0.4, -0.2) is 73.0 Å². The third-order valence-corrected chi connectivity index (χ3v) is 8.99. The lowest BCUT2D eigenvalue weighted by molar-refractivity contribution is -0.141. The summed E-state index contributed by atoms with van der Waals surface area (Å²) >= 11 is 0. The van der Waals surface area contributed by atoms with Crippen molar-refractivity contribution in [2.24, 2.45) is 11.8 Å². The van der Waals surface area contributed by atoms with Gasteiger partial charge in [-0.3, -0.25) is 19.3 Å². The molecule has 2 saturated heterocycles. The summed E-state index contributed by atoms with van der Waals surface area (Å²) in [7, 11) is -3.66. The van der Waals surface area contributed by atoms with Gasteiger partial charge in [0.25, 0.3) is 0 Å². The van der Waals surface area contributed by atoms with Gasteiger partial charge >= 0.3 is 0 Å². The van der Waals surface area contributed by atoms with Gasteiger partial charge in [-0.05, 0) is 35.7 Å². The highest BCUT2D eigenvalue weighted by molar-refractivity contribution is 7.89. The molecule has 1 aliphatic carbocycles. The van der Waals surface area contributed by atoms with Gasteiger partial charge in [0.1, 0.15) is 0 Å². The minimum atomic E-state index is -3.66. The standard InChI is InChI=1S/C25H27N3O5S/c29-23(11-12-28-24(30)21-7-3-4-8-22(21)25(28)31)26-13-15-27(16-14-26)34(32,33)20-10-9-18-5-1-2-6-19(18)17-20/h1-6,9-10,17,21-22H,7-8,11-16H2. The Morgan fingerprint density at radius 2 is 1.47 bits per heavy atom. The second-order valence-electron chi connectivity index (χ2n) is 9.03. The molecule has 3 aliphatic rings. The number of benzene rings is 2. The molecule has 2 aromatic carbocycles. The number of sulfonamides is 1. The van der Waals surface area contributed by atoms with Gasteiger partial charge in [0, 0.05) is 39.1 Å². The fourth-order valence-electron chi connectivity index (χ4n) is 5.11. The zero-order valence-electron chi connectivity index (χ0n) is 18.8. The van der Waals surface area contributed by atoms with Crippen LogP contribution in [0.1, 0.15) is 19.3 Å². The number of amides is 3. The summed E-state index contributed by atoms with van der Waals surface area (Å²) in [4.78, 5) is 41.0. The second-order valence-corrected chi connectivity index (χ2v) is 11.0. The first-order valence-electron chi connectivity index (χ1n) is 11.6. The van der Waals surface area contributed by atoms with E-state index in [1.54, 1.807) is 23.1 Å². The van der Waals surface area contributed by atoms with Crippen LogP contribution in [-0.2, 0) is 24.4 Å². The SMILES string of the molecule is O=C(CCN1C(=O)C2CC=CCC2C1=O)N1CCN(S(=O)(=O)c2ccc3ccccc3c2)CC1. The minimum Gasteiger partial charge on any atom is -0.340 e. The molecule has 0 saturated carbocycles. The first-order chi connectivity index (χ1) is 16.4. The van der Waals surface area contributed by atoms with Crippen LogP contribution in [0.3, 0.4) is 0 Å². The molecule has 8 nitrogen and oxygen atoms in total. The molecule has 178 valence electrons. The predicted octanol–water partition coefficient (Wildman–Crippen LogP) is 2.01. The number of likely N-dealkylation sites (tertiary alicyclic amines) is 1. The van der Waals surface area contributed by atoms with Gasteiger partial charge in [-0.25, -0.2) is 8.42 Å². The third kappa shape index (κ3) is 4.03. The topological polar surface area (TPSA) is 95.1 Å². The number of carbonyl (C=O) groups is 3. The maximum Gasteiger partial charge on any atom is 0.243 e. The summed E-state index contributed by atoms with van der Waals surface area (Å²) in [5.41, 5.74) is 0. The van der Waals surface area contributed by atoms with Gasteiger partial charge in [-0.2, -0.15) is 4.31 Å². The van der Waals surface area contributed by atoms with Crippen LogP contribution < -0.4 is 0 Å². The smallest absolute Gasteiger partial charge is 0.243 e. The van der Waals surface area contributed by atoms with Crippen molar-refractivity contribution in [2.45, 2.75) is 24.2 Å². The minimum absolute atomic E-state index is 0.0573. The van der Waals surface area contributed by atoms with Gasteiger partial charge in [0.05, 0.1) is 16.7 Å². The molecule has 34 heavy (non-hydrogen) atoms. The molecule has 2 aromatic rings. The Balaban J connectivity index is 1.17. The highest BCUT2D eigenvalue weighted by atomic mass is 32.2. The zero-order chi connectivity index (χ0) is 23.9. The maximum atomic E-state index is 13.1. The molecule has 2 atom stereocenters. The number of piperazine rings is 1. The normalized spacial score (nSPS) is 23.5. The lowest BCUT2D eigenvalue weighted by Crippen LogP contribution is -2.51. The van der Waals surface area contributed by atoms with E-state index in [4.69, 9.17) is 0 Å².